The number of carbonyl (C=O) groups excluding carboxylic acids is 4. The van der Waals surface area contributed by atoms with E-state index in [9.17, 15) is 34.4 Å². The summed E-state index contributed by atoms with van der Waals surface area (Å²) in [5, 5.41) is 21.5. The van der Waals surface area contributed by atoms with Crippen LogP contribution in [0.3, 0.4) is 0 Å². The molecule has 0 radical (unpaired) electrons. The zero-order chi connectivity index (χ0) is 31.0. The molecule has 2 heterocycles. The normalized spacial score (nSPS) is 31.5. The first-order chi connectivity index (χ1) is 20.4. The molecule has 14 heteroatoms. The molecule has 0 unspecified atom stereocenters. The molecule has 2 aromatic carbocycles. The summed E-state index contributed by atoms with van der Waals surface area (Å²) >= 11 is 17.6. The van der Waals surface area contributed by atoms with Gasteiger partial charge in [0.1, 0.15) is 0 Å². The van der Waals surface area contributed by atoms with E-state index < -0.39 is 62.0 Å². The molecule has 1 saturated carbocycles. The largest absolute Gasteiger partial charge is 0.504 e. The van der Waals surface area contributed by atoms with Crippen LogP contribution in [0.15, 0.2) is 54.1 Å². The summed E-state index contributed by atoms with van der Waals surface area (Å²) in [5.41, 5.74) is 0.875. The van der Waals surface area contributed by atoms with Gasteiger partial charge in [0.05, 0.1) is 34.5 Å². The van der Waals surface area contributed by atoms with Crippen molar-refractivity contribution < 1.29 is 33.9 Å². The van der Waals surface area contributed by atoms with Crippen LogP contribution < -0.4 is 9.64 Å². The predicted molar refractivity (Wildman–Crippen MR) is 158 cm³/mol. The summed E-state index contributed by atoms with van der Waals surface area (Å²) in [5.74, 6) is -5.88. The summed E-state index contributed by atoms with van der Waals surface area (Å²) in [7, 11) is 0. The molecular weight excluding hydrogens is 669 g/mol. The number of rotatable bonds is 6. The maximum Gasteiger partial charge on any atom is 0.269 e. The third-order valence-electron chi connectivity index (χ3n) is 8.95. The minimum absolute atomic E-state index is 0.136. The van der Waals surface area contributed by atoms with Gasteiger partial charge in [-0.15, -0.1) is 23.2 Å². The molecule has 2 aromatic rings. The molecule has 0 bridgehead atoms. The lowest BCUT2D eigenvalue weighted by Crippen LogP contribution is -2.60. The first-order valence-electron chi connectivity index (χ1n) is 13.5. The first kappa shape index (κ1) is 29.6. The van der Waals surface area contributed by atoms with Gasteiger partial charge in [0, 0.05) is 18.1 Å². The third kappa shape index (κ3) is 3.99. The highest BCUT2D eigenvalue weighted by atomic mass is 79.9. The van der Waals surface area contributed by atoms with Gasteiger partial charge in [0.15, 0.2) is 21.2 Å². The molecule has 224 valence electrons. The Balaban J connectivity index is 1.49. The number of likely N-dealkylation sites (tertiary alicyclic amines) is 1. The Kier molecular flexibility index (Phi) is 7.09. The molecule has 6 rings (SSSR count). The number of benzene rings is 2. The monoisotopic (exact) mass is 691 g/mol. The number of hydrogen-bond acceptors (Lipinski definition) is 8. The Bertz CT molecular complexity index is 1630. The first-order valence-corrected chi connectivity index (χ1v) is 15.4. The maximum atomic E-state index is 14.0. The molecule has 4 aliphatic rings. The molecule has 0 spiro atoms. The van der Waals surface area contributed by atoms with E-state index in [0.717, 1.165) is 9.80 Å². The number of phenolic OH excluding ortho intramolecular Hbond substituents is 1. The van der Waals surface area contributed by atoms with Crippen molar-refractivity contribution in [2.24, 2.45) is 17.8 Å². The highest BCUT2D eigenvalue weighted by Crippen LogP contribution is 2.65. The minimum atomic E-state index is -1.99. The fourth-order valence-electron chi connectivity index (χ4n) is 7.09. The molecule has 11 nitrogen and oxygen atoms in total. The Morgan fingerprint density at radius 2 is 1.77 bits per heavy atom. The molecule has 2 saturated heterocycles. The smallest absolute Gasteiger partial charge is 0.269 e. The predicted octanol–water partition coefficient (Wildman–Crippen LogP) is 4.61. The molecule has 0 aromatic heterocycles. The molecule has 3 fully saturated rings. The number of nitrogens with zero attached hydrogens (tertiary/aromatic N) is 3. The van der Waals surface area contributed by atoms with Crippen molar-refractivity contribution >= 4 is 74.1 Å². The summed E-state index contributed by atoms with van der Waals surface area (Å²) in [6.45, 7) is 1.98. The number of hydrogen-bond donors (Lipinski definition) is 1. The van der Waals surface area contributed by atoms with E-state index in [1.165, 1.54) is 30.3 Å². The second-order valence-electron chi connectivity index (χ2n) is 10.9. The summed E-state index contributed by atoms with van der Waals surface area (Å²) < 4.78 is 5.59. The van der Waals surface area contributed by atoms with Crippen LogP contribution >= 0.6 is 39.1 Å². The number of anilines is 1. The molecule has 1 N–H and O–H groups in total. The highest BCUT2D eigenvalue weighted by Gasteiger charge is 2.76. The van der Waals surface area contributed by atoms with E-state index in [-0.39, 0.29) is 47.8 Å². The van der Waals surface area contributed by atoms with Gasteiger partial charge in [0.2, 0.25) is 11.8 Å². The van der Waals surface area contributed by atoms with Crippen molar-refractivity contribution in [1.82, 2.24) is 4.90 Å². The van der Waals surface area contributed by atoms with Crippen molar-refractivity contribution in [2.45, 2.75) is 35.4 Å². The average Bonchev–Trinajstić information content (AvgIpc) is 3.32. The van der Waals surface area contributed by atoms with Crippen LogP contribution in [0.25, 0.3) is 0 Å². The van der Waals surface area contributed by atoms with Gasteiger partial charge < -0.3 is 9.84 Å². The van der Waals surface area contributed by atoms with Gasteiger partial charge in [0.25, 0.3) is 17.5 Å². The SMILES string of the molecule is CCOc1cc([C@H]2C3=CC[C@@H]4C(=O)N(c5ccc([N+](=O)[O-])cc5)C(=O)[C@@H]4[C@@H]3C[C@@]3(Cl)C(=O)N(CBr)C(=O)[C@@]23Cl)ccc1O. The van der Waals surface area contributed by atoms with E-state index in [0.29, 0.717) is 11.1 Å². The highest BCUT2D eigenvalue weighted by molar-refractivity contribution is 9.09. The van der Waals surface area contributed by atoms with Crippen molar-refractivity contribution in [3.05, 3.63) is 69.8 Å². The number of carbonyl (C=O) groups is 4. The molecule has 43 heavy (non-hydrogen) atoms. The van der Waals surface area contributed by atoms with Crippen LogP contribution in [-0.4, -0.2) is 60.4 Å². The lowest BCUT2D eigenvalue weighted by atomic mass is 9.56. The fourth-order valence-corrected chi connectivity index (χ4v) is 8.51. The second-order valence-corrected chi connectivity index (χ2v) is 12.7. The third-order valence-corrected chi connectivity index (χ3v) is 10.9. The standard InChI is InChI=1S/C29H24BrCl2N3O8/c1-2-43-21-11-14(3-10-20(21)36)23-17-8-9-18-22(19(17)12-28(31)26(39)33(13-30)27(40)29(23,28)32)25(38)34(24(18)37)15-4-6-16(7-5-15)35(41)42/h3-8,10-11,18-19,22-23,36H,2,9,12-13H2,1H3/t18-,19+,22-,23-,28+,29-/m0/s1. The number of imide groups is 2. The fraction of sp³-hybridized carbons (Fsp3) is 0.379. The minimum Gasteiger partial charge on any atom is -0.504 e. The van der Waals surface area contributed by atoms with E-state index in [2.05, 4.69) is 15.9 Å². The molecular formula is C29H24BrCl2N3O8. The van der Waals surface area contributed by atoms with Crippen molar-refractivity contribution in [3.63, 3.8) is 0 Å². The van der Waals surface area contributed by atoms with E-state index >= 15 is 0 Å². The quantitative estimate of drug-likeness (QED) is 0.115. The number of amides is 4. The maximum absolute atomic E-state index is 14.0. The number of allylic oxidation sites excluding steroid dienone is 2. The lowest BCUT2D eigenvalue weighted by molar-refractivity contribution is -0.384. The summed E-state index contributed by atoms with van der Waals surface area (Å²) in [6.07, 6.45) is 1.77. The van der Waals surface area contributed by atoms with Crippen LogP contribution in [-0.2, 0) is 19.2 Å². The Morgan fingerprint density at radius 3 is 2.40 bits per heavy atom. The topological polar surface area (TPSA) is 147 Å². The number of alkyl halides is 3. The van der Waals surface area contributed by atoms with Crippen LogP contribution in [0.1, 0.15) is 31.2 Å². The molecule has 2 aliphatic carbocycles. The van der Waals surface area contributed by atoms with Crippen LogP contribution in [0.4, 0.5) is 11.4 Å². The Labute approximate surface area is 263 Å². The van der Waals surface area contributed by atoms with Gasteiger partial charge in [-0.1, -0.05) is 33.6 Å². The van der Waals surface area contributed by atoms with Crippen LogP contribution in [0.2, 0.25) is 0 Å². The molecule has 2 aliphatic heterocycles. The van der Waals surface area contributed by atoms with Gasteiger partial charge >= 0.3 is 0 Å². The number of phenols is 1. The van der Waals surface area contributed by atoms with Crippen molar-refractivity contribution in [2.75, 3.05) is 17.0 Å². The number of nitro groups is 1. The molecule has 6 atom stereocenters. The van der Waals surface area contributed by atoms with Gasteiger partial charge in [-0.05, 0) is 55.5 Å². The van der Waals surface area contributed by atoms with Gasteiger partial charge in [-0.25, -0.2) is 0 Å². The van der Waals surface area contributed by atoms with Gasteiger partial charge in [-0.3, -0.25) is 39.1 Å². The van der Waals surface area contributed by atoms with Crippen molar-refractivity contribution in [3.8, 4) is 11.5 Å². The Hall–Kier alpha value is -3.48. The van der Waals surface area contributed by atoms with E-state index in [1.54, 1.807) is 25.1 Å². The number of halogens is 3. The number of fused-ring (bicyclic) bond motifs is 4. The van der Waals surface area contributed by atoms with Crippen LogP contribution in [0.5, 0.6) is 11.5 Å². The van der Waals surface area contributed by atoms with E-state index in [4.69, 9.17) is 27.9 Å². The zero-order valence-corrected chi connectivity index (χ0v) is 25.6. The number of nitro benzene ring substituents is 1. The number of aromatic hydroxyl groups is 1. The average molecular weight is 693 g/mol. The second kappa shape index (κ2) is 10.3. The summed E-state index contributed by atoms with van der Waals surface area (Å²) in [4.78, 5) is 63.9. The summed E-state index contributed by atoms with van der Waals surface area (Å²) in [6, 6.07) is 9.62. The van der Waals surface area contributed by atoms with E-state index in [1.807, 2.05) is 0 Å². The number of non-ortho nitro benzene ring substituents is 1. The molecule has 4 amide bonds. The number of ether oxygens (including phenoxy) is 1. The van der Waals surface area contributed by atoms with Gasteiger partial charge in [-0.2, -0.15) is 0 Å². The van der Waals surface area contributed by atoms with Crippen LogP contribution in [0, 0.1) is 27.9 Å². The lowest BCUT2D eigenvalue weighted by Gasteiger charge is -2.50. The van der Waals surface area contributed by atoms with Crippen molar-refractivity contribution in [1.29, 1.82) is 0 Å². The zero-order valence-electron chi connectivity index (χ0n) is 22.5. The Morgan fingerprint density at radius 1 is 1.07 bits per heavy atom.